The number of carbonyl (C=O) groups is 1. The summed E-state index contributed by atoms with van der Waals surface area (Å²) in [6.45, 7) is 0.526. The lowest BCUT2D eigenvalue weighted by molar-refractivity contribution is 0.0951. The number of halogens is 2. The maximum atomic E-state index is 13.6. The van der Waals surface area contributed by atoms with E-state index in [4.69, 9.17) is 4.74 Å². The average molecular weight is 404 g/mol. The molecule has 0 atom stereocenters. The van der Waals surface area contributed by atoms with Gasteiger partial charge in [0.25, 0.3) is 5.91 Å². The molecule has 1 N–H and O–H groups in total. The van der Waals surface area contributed by atoms with Crippen LogP contribution in [0.15, 0.2) is 79.0 Å². The highest BCUT2D eigenvalue weighted by Crippen LogP contribution is 2.19. The van der Waals surface area contributed by atoms with Gasteiger partial charge in [-0.25, -0.2) is 8.78 Å². The van der Waals surface area contributed by atoms with Crippen molar-refractivity contribution in [1.29, 1.82) is 0 Å². The van der Waals surface area contributed by atoms with Crippen LogP contribution in [0, 0.1) is 11.6 Å². The van der Waals surface area contributed by atoms with Gasteiger partial charge >= 0.3 is 0 Å². The van der Waals surface area contributed by atoms with Gasteiger partial charge < -0.3 is 10.1 Å². The summed E-state index contributed by atoms with van der Waals surface area (Å²) < 4.78 is 31.9. The molecule has 0 bridgehead atoms. The predicted molar refractivity (Wildman–Crippen MR) is 110 cm³/mol. The maximum absolute atomic E-state index is 13.6. The monoisotopic (exact) mass is 404 g/mol. The first-order valence-corrected chi connectivity index (χ1v) is 9.37. The fourth-order valence-electron chi connectivity index (χ4n) is 3.01. The van der Waals surface area contributed by atoms with Crippen molar-refractivity contribution in [3.8, 4) is 5.75 Å². The smallest absolute Gasteiger partial charge is 0.251 e. The number of hydrogen-bond donors (Lipinski definition) is 1. The predicted octanol–water partition coefficient (Wildman–Crippen LogP) is 5.02. The van der Waals surface area contributed by atoms with Gasteiger partial charge in [0.05, 0.1) is 5.52 Å². The molecular weight excluding hydrogens is 386 g/mol. The zero-order chi connectivity index (χ0) is 20.9. The average Bonchev–Trinajstić information content (AvgIpc) is 2.77. The molecule has 30 heavy (non-hydrogen) atoms. The second kappa shape index (κ2) is 8.69. The van der Waals surface area contributed by atoms with E-state index in [1.54, 1.807) is 12.3 Å². The van der Waals surface area contributed by atoms with Gasteiger partial charge in [0.2, 0.25) is 0 Å². The van der Waals surface area contributed by atoms with Crippen LogP contribution in [0.25, 0.3) is 10.9 Å². The Balaban J connectivity index is 1.33. The number of benzene rings is 3. The second-order valence-corrected chi connectivity index (χ2v) is 6.77. The molecule has 0 unspecified atom stereocenters. The summed E-state index contributed by atoms with van der Waals surface area (Å²) in [7, 11) is 0. The van der Waals surface area contributed by atoms with Crippen molar-refractivity contribution in [1.82, 2.24) is 10.3 Å². The quantitative estimate of drug-likeness (QED) is 0.491. The molecule has 0 fully saturated rings. The lowest BCUT2D eigenvalue weighted by atomic mass is 10.1. The largest absolute Gasteiger partial charge is 0.486 e. The normalized spacial score (nSPS) is 10.7. The minimum absolute atomic E-state index is 0.00155. The Morgan fingerprint density at radius 2 is 1.73 bits per heavy atom. The van der Waals surface area contributed by atoms with E-state index < -0.39 is 11.6 Å². The number of fused-ring (bicyclic) bond motifs is 1. The lowest BCUT2D eigenvalue weighted by Gasteiger charge is -2.09. The van der Waals surface area contributed by atoms with E-state index in [9.17, 15) is 13.6 Å². The maximum Gasteiger partial charge on any atom is 0.251 e. The molecule has 0 radical (unpaired) electrons. The van der Waals surface area contributed by atoms with Crippen molar-refractivity contribution >= 4 is 16.8 Å². The molecule has 150 valence electrons. The summed E-state index contributed by atoms with van der Waals surface area (Å²) in [4.78, 5) is 16.7. The van der Waals surface area contributed by atoms with E-state index in [1.807, 2.05) is 48.5 Å². The third kappa shape index (κ3) is 4.60. The van der Waals surface area contributed by atoms with Gasteiger partial charge in [-0.05, 0) is 47.5 Å². The molecule has 0 spiro atoms. The zero-order valence-electron chi connectivity index (χ0n) is 15.9. The van der Waals surface area contributed by atoms with Crippen LogP contribution < -0.4 is 10.1 Å². The minimum Gasteiger partial charge on any atom is -0.486 e. The van der Waals surface area contributed by atoms with Crippen molar-refractivity contribution in [2.45, 2.75) is 13.2 Å². The highest BCUT2D eigenvalue weighted by atomic mass is 19.1. The summed E-state index contributed by atoms with van der Waals surface area (Å²) in [5, 5.41) is 3.80. The van der Waals surface area contributed by atoms with Crippen molar-refractivity contribution in [3.05, 3.63) is 107 Å². The number of hydrogen-bond acceptors (Lipinski definition) is 3. The molecule has 0 aliphatic rings. The second-order valence-electron chi connectivity index (χ2n) is 6.77. The number of aromatic nitrogens is 1. The Hall–Kier alpha value is -3.80. The van der Waals surface area contributed by atoms with E-state index in [0.29, 0.717) is 12.1 Å². The molecule has 1 amide bonds. The van der Waals surface area contributed by atoms with Crippen molar-refractivity contribution < 1.29 is 18.3 Å². The van der Waals surface area contributed by atoms with Crippen molar-refractivity contribution in [2.75, 3.05) is 0 Å². The molecule has 0 saturated heterocycles. The van der Waals surface area contributed by atoms with Crippen molar-refractivity contribution in [3.63, 3.8) is 0 Å². The van der Waals surface area contributed by atoms with E-state index >= 15 is 0 Å². The molecule has 4 aromatic rings. The topological polar surface area (TPSA) is 51.2 Å². The summed E-state index contributed by atoms with van der Waals surface area (Å²) >= 11 is 0. The fourth-order valence-corrected chi connectivity index (χ4v) is 3.01. The number of pyridine rings is 1. The molecule has 0 aliphatic carbocycles. The number of rotatable bonds is 6. The number of nitrogens with zero attached hydrogens (tertiary/aromatic N) is 1. The zero-order valence-corrected chi connectivity index (χ0v) is 15.9. The summed E-state index contributed by atoms with van der Waals surface area (Å²) in [5.41, 5.74) is 3.16. The third-order valence-electron chi connectivity index (χ3n) is 4.63. The van der Waals surface area contributed by atoms with Gasteiger partial charge in [-0.1, -0.05) is 30.3 Å². The van der Waals surface area contributed by atoms with Gasteiger partial charge in [0.15, 0.2) is 11.6 Å². The summed E-state index contributed by atoms with van der Waals surface area (Å²) in [6.07, 6.45) is 1.72. The van der Waals surface area contributed by atoms with E-state index in [1.165, 1.54) is 6.07 Å². The highest BCUT2D eigenvalue weighted by molar-refractivity contribution is 5.97. The fraction of sp³-hybridized carbons (Fsp3) is 0.0833. The molecule has 3 aromatic carbocycles. The Kier molecular flexibility index (Phi) is 5.66. The lowest BCUT2D eigenvalue weighted by Crippen LogP contribution is -2.22. The van der Waals surface area contributed by atoms with Gasteiger partial charge in [0, 0.05) is 29.8 Å². The number of nitrogens with one attached hydrogen (secondary N) is 1. The van der Waals surface area contributed by atoms with Crippen LogP contribution in [0.1, 0.15) is 21.5 Å². The first-order chi connectivity index (χ1) is 14.6. The summed E-state index contributed by atoms with van der Waals surface area (Å²) in [5.74, 6) is -1.55. The number of amides is 1. The molecule has 1 heterocycles. The molecule has 0 aliphatic heterocycles. The third-order valence-corrected chi connectivity index (χ3v) is 4.63. The van der Waals surface area contributed by atoms with Crippen molar-refractivity contribution in [2.24, 2.45) is 0 Å². The molecule has 4 nitrogen and oxygen atoms in total. The van der Waals surface area contributed by atoms with Crippen LogP contribution in [-0.4, -0.2) is 10.9 Å². The first kappa shape index (κ1) is 19.5. The van der Waals surface area contributed by atoms with Gasteiger partial charge in [-0.3, -0.25) is 9.78 Å². The minimum atomic E-state index is -0.737. The van der Waals surface area contributed by atoms with Gasteiger partial charge in [0.1, 0.15) is 12.4 Å². The van der Waals surface area contributed by atoms with Crippen LogP contribution in [0.5, 0.6) is 5.75 Å². The Bertz CT molecular complexity index is 1190. The Morgan fingerprint density at radius 3 is 2.53 bits per heavy atom. The highest BCUT2D eigenvalue weighted by Gasteiger charge is 2.08. The number of ether oxygens (including phenoxy) is 1. The molecule has 6 heteroatoms. The standard InChI is InChI=1S/C24H18F2N2O2/c25-20-8-10-23(21(26)13-20)30-15-17-5-3-16(4-6-17)14-28-24(29)19-7-9-22-18(12-19)2-1-11-27-22/h1-13H,14-15H2,(H,28,29). The molecule has 1 aromatic heterocycles. The molecule has 4 rings (SSSR count). The van der Waals surface area contributed by atoms with Crippen LogP contribution in [-0.2, 0) is 13.2 Å². The molecule has 0 saturated carbocycles. The Morgan fingerprint density at radius 1 is 0.933 bits per heavy atom. The van der Waals surface area contributed by atoms with E-state index in [0.717, 1.165) is 34.2 Å². The van der Waals surface area contributed by atoms with Crippen LogP contribution in [0.4, 0.5) is 8.78 Å². The molecular formula is C24H18F2N2O2. The van der Waals surface area contributed by atoms with E-state index in [-0.39, 0.29) is 18.3 Å². The number of carbonyl (C=O) groups excluding carboxylic acids is 1. The SMILES string of the molecule is O=C(NCc1ccc(COc2ccc(F)cc2F)cc1)c1ccc2ncccc2c1. The van der Waals surface area contributed by atoms with Gasteiger partial charge in [-0.2, -0.15) is 0 Å². The van der Waals surface area contributed by atoms with Crippen LogP contribution >= 0.6 is 0 Å². The van der Waals surface area contributed by atoms with E-state index in [2.05, 4.69) is 10.3 Å². The first-order valence-electron chi connectivity index (χ1n) is 9.37. The van der Waals surface area contributed by atoms with Gasteiger partial charge in [-0.15, -0.1) is 0 Å². The Labute approximate surface area is 172 Å². The summed E-state index contributed by atoms with van der Waals surface area (Å²) in [6, 6.07) is 19.7. The van der Waals surface area contributed by atoms with Crippen LogP contribution in [0.3, 0.4) is 0 Å². The van der Waals surface area contributed by atoms with Crippen LogP contribution in [0.2, 0.25) is 0 Å².